The van der Waals surface area contributed by atoms with Crippen LogP contribution in [0.1, 0.15) is 361 Å². The summed E-state index contributed by atoms with van der Waals surface area (Å²) in [6.45, 7) is 4.33. The number of unbranched alkanes of at least 4 members (excludes halogenated alkanes) is 49. The molecule has 0 rings (SSSR count). The molecule has 0 fully saturated rings. The summed E-state index contributed by atoms with van der Waals surface area (Å²) in [5, 5.41) is 23.2. The fourth-order valence-electron chi connectivity index (χ4n) is 10.2. The predicted molar refractivity (Wildman–Crippen MR) is 313 cm³/mol. The van der Waals surface area contributed by atoms with Gasteiger partial charge >= 0.3 is 0 Å². The molecule has 414 valence electrons. The van der Waals surface area contributed by atoms with Crippen molar-refractivity contribution in [2.75, 3.05) is 6.61 Å². The largest absolute Gasteiger partial charge is 0.394 e. The molecule has 0 bridgehead atoms. The van der Waals surface area contributed by atoms with Gasteiger partial charge in [-0.25, -0.2) is 0 Å². The van der Waals surface area contributed by atoms with Crippen molar-refractivity contribution < 1.29 is 15.0 Å². The second-order valence-corrected chi connectivity index (χ2v) is 22.2. The predicted octanol–water partition coefficient (Wildman–Crippen LogP) is 21.6. The van der Waals surface area contributed by atoms with Gasteiger partial charge in [0, 0.05) is 6.42 Å². The summed E-state index contributed by atoms with van der Waals surface area (Å²) in [6.07, 6.45) is 85.0. The average Bonchev–Trinajstić information content (AvgIpc) is 3.36. The summed E-state index contributed by atoms with van der Waals surface area (Å²) in [5.41, 5.74) is 0. The number of aliphatic hydroxyl groups is 2. The second-order valence-electron chi connectivity index (χ2n) is 22.2. The molecule has 0 aromatic heterocycles. The minimum atomic E-state index is -0.837. The van der Waals surface area contributed by atoms with Crippen LogP contribution in [0.15, 0.2) is 36.5 Å². The maximum atomic E-state index is 12.5. The van der Waals surface area contributed by atoms with Crippen molar-refractivity contribution in [3.8, 4) is 0 Å². The molecule has 0 spiro atoms. The minimum Gasteiger partial charge on any atom is -0.394 e. The Kier molecular flexibility index (Phi) is 60.7. The molecule has 70 heavy (non-hydrogen) atoms. The zero-order valence-electron chi connectivity index (χ0n) is 47.8. The fraction of sp³-hybridized carbons (Fsp3) is 0.894. The normalized spacial score (nSPS) is 12.9. The van der Waals surface area contributed by atoms with Crippen molar-refractivity contribution in [1.82, 2.24) is 5.32 Å². The van der Waals surface area contributed by atoms with Crippen LogP contribution in [0.4, 0.5) is 0 Å². The Bertz CT molecular complexity index is 1070. The monoisotopic (exact) mass is 982 g/mol. The third-order valence-electron chi connectivity index (χ3n) is 15.1. The van der Waals surface area contributed by atoms with Gasteiger partial charge < -0.3 is 15.5 Å². The highest BCUT2D eigenvalue weighted by Gasteiger charge is 2.18. The summed E-state index contributed by atoms with van der Waals surface area (Å²) in [5.74, 6) is -0.0563. The number of allylic oxidation sites excluding steroid dienone is 5. The number of hydrogen-bond donors (Lipinski definition) is 3. The van der Waals surface area contributed by atoms with Gasteiger partial charge in [0.1, 0.15) is 0 Å². The number of nitrogens with one attached hydrogen (secondary N) is 1. The lowest BCUT2D eigenvalue weighted by atomic mass is 10.0. The van der Waals surface area contributed by atoms with E-state index >= 15 is 0 Å². The van der Waals surface area contributed by atoms with Crippen LogP contribution in [0.3, 0.4) is 0 Å². The molecule has 0 saturated heterocycles. The van der Waals surface area contributed by atoms with Crippen molar-refractivity contribution in [1.29, 1.82) is 0 Å². The van der Waals surface area contributed by atoms with E-state index in [1.807, 2.05) is 6.08 Å². The van der Waals surface area contributed by atoms with Gasteiger partial charge in [-0.3, -0.25) is 4.79 Å². The molecule has 2 unspecified atom stereocenters. The van der Waals surface area contributed by atoms with Gasteiger partial charge in [-0.15, -0.1) is 0 Å². The Balaban J connectivity index is 3.39. The SMILES string of the molecule is CCCCCCC/C=C\C/C=C\CCCCCCCCCCCCCCCCCCCCCCCCCCCCCC(=O)NC(CO)C(O)/C=C/CCCCCCCCCCCCCCCCCCC. The molecule has 0 aromatic carbocycles. The number of hydrogen-bond acceptors (Lipinski definition) is 3. The van der Waals surface area contributed by atoms with Crippen LogP contribution in [0, 0.1) is 0 Å². The first-order valence-electron chi connectivity index (χ1n) is 32.2. The lowest BCUT2D eigenvalue weighted by molar-refractivity contribution is -0.123. The summed E-state index contributed by atoms with van der Waals surface area (Å²) in [6, 6.07) is -0.620. The molecule has 4 heteroatoms. The average molecular weight is 983 g/mol. The molecule has 0 aliphatic heterocycles. The minimum absolute atomic E-state index is 0.0563. The van der Waals surface area contributed by atoms with E-state index < -0.39 is 12.1 Å². The number of amides is 1. The first-order valence-corrected chi connectivity index (χ1v) is 32.2. The van der Waals surface area contributed by atoms with Crippen LogP contribution >= 0.6 is 0 Å². The Labute approximate surface area is 440 Å². The second kappa shape index (κ2) is 61.9. The smallest absolute Gasteiger partial charge is 0.220 e. The number of aliphatic hydroxyl groups excluding tert-OH is 2. The summed E-state index contributed by atoms with van der Waals surface area (Å²) in [7, 11) is 0. The zero-order chi connectivity index (χ0) is 50.6. The molecule has 0 saturated carbocycles. The van der Waals surface area contributed by atoms with Crippen molar-refractivity contribution in [2.24, 2.45) is 0 Å². The highest BCUT2D eigenvalue weighted by Crippen LogP contribution is 2.18. The zero-order valence-corrected chi connectivity index (χ0v) is 47.8. The van der Waals surface area contributed by atoms with E-state index in [0.717, 1.165) is 32.1 Å². The molecule has 1 amide bonds. The van der Waals surface area contributed by atoms with Gasteiger partial charge in [-0.1, -0.05) is 339 Å². The van der Waals surface area contributed by atoms with E-state index in [1.165, 1.54) is 308 Å². The van der Waals surface area contributed by atoms with Gasteiger partial charge in [0.25, 0.3) is 0 Å². The van der Waals surface area contributed by atoms with Crippen molar-refractivity contribution in [2.45, 2.75) is 373 Å². The Morgan fingerprint density at radius 3 is 0.857 bits per heavy atom. The molecule has 2 atom stereocenters. The van der Waals surface area contributed by atoms with Gasteiger partial charge in [0.2, 0.25) is 5.91 Å². The van der Waals surface area contributed by atoms with Gasteiger partial charge in [-0.2, -0.15) is 0 Å². The Morgan fingerprint density at radius 2 is 0.586 bits per heavy atom. The van der Waals surface area contributed by atoms with Crippen LogP contribution in [0.2, 0.25) is 0 Å². The van der Waals surface area contributed by atoms with Crippen LogP contribution in [-0.4, -0.2) is 34.9 Å². The van der Waals surface area contributed by atoms with Gasteiger partial charge in [-0.05, 0) is 51.4 Å². The van der Waals surface area contributed by atoms with Crippen molar-refractivity contribution >= 4 is 5.91 Å². The van der Waals surface area contributed by atoms with Crippen molar-refractivity contribution in [3.63, 3.8) is 0 Å². The molecular formula is C66H127NO3. The first-order chi connectivity index (χ1) is 34.7. The standard InChI is InChI=1S/C66H127NO3/c1-3-5-7-9-11-13-15-17-19-21-23-24-25-26-27-28-29-30-31-32-33-34-35-36-37-38-39-40-41-42-44-46-48-50-52-54-56-58-60-62-66(70)67-64(63-68)65(69)61-59-57-55-53-51-49-47-45-43-22-20-18-16-14-12-10-8-6-4-2/h15,17,21,23,59,61,64-65,68-69H,3-14,16,18-20,22,24-58,60,62-63H2,1-2H3,(H,67,70)/b17-15-,23-21-,61-59+. The van der Waals surface area contributed by atoms with E-state index in [1.54, 1.807) is 6.08 Å². The lowest BCUT2D eigenvalue weighted by Crippen LogP contribution is -2.45. The third kappa shape index (κ3) is 57.5. The van der Waals surface area contributed by atoms with Crippen molar-refractivity contribution in [3.05, 3.63) is 36.5 Å². The quantitative estimate of drug-likeness (QED) is 0.0420. The molecule has 0 radical (unpaired) electrons. The molecule has 0 aromatic rings. The summed E-state index contributed by atoms with van der Waals surface area (Å²) < 4.78 is 0. The fourth-order valence-corrected chi connectivity index (χ4v) is 10.2. The molecule has 3 N–H and O–H groups in total. The lowest BCUT2D eigenvalue weighted by Gasteiger charge is -2.20. The van der Waals surface area contributed by atoms with E-state index in [9.17, 15) is 15.0 Å². The Morgan fingerprint density at radius 1 is 0.343 bits per heavy atom. The first kappa shape index (κ1) is 68.6. The molecule has 0 aliphatic rings. The van der Waals surface area contributed by atoms with Crippen LogP contribution < -0.4 is 5.32 Å². The third-order valence-corrected chi connectivity index (χ3v) is 15.1. The molecule has 0 aliphatic carbocycles. The van der Waals surface area contributed by atoms with Gasteiger partial charge in [0.05, 0.1) is 18.8 Å². The topological polar surface area (TPSA) is 69.6 Å². The maximum Gasteiger partial charge on any atom is 0.220 e. The maximum absolute atomic E-state index is 12.5. The van der Waals surface area contributed by atoms with E-state index in [4.69, 9.17) is 0 Å². The Hall–Kier alpha value is -1.39. The van der Waals surface area contributed by atoms with Gasteiger partial charge in [0.15, 0.2) is 0 Å². The summed E-state index contributed by atoms with van der Waals surface area (Å²) in [4.78, 5) is 12.5. The van der Waals surface area contributed by atoms with E-state index in [2.05, 4.69) is 43.5 Å². The van der Waals surface area contributed by atoms with Crippen LogP contribution in [-0.2, 0) is 4.79 Å². The molecular weight excluding hydrogens is 855 g/mol. The van der Waals surface area contributed by atoms with E-state index in [-0.39, 0.29) is 12.5 Å². The van der Waals surface area contributed by atoms with E-state index in [0.29, 0.717) is 6.42 Å². The molecule has 0 heterocycles. The highest BCUT2D eigenvalue weighted by atomic mass is 16.3. The van der Waals surface area contributed by atoms with Crippen LogP contribution in [0.5, 0.6) is 0 Å². The number of rotatable bonds is 60. The van der Waals surface area contributed by atoms with Crippen LogP contribution in [0.25, 0.3) is 0 Å². The highest BCUT2D eigenvalue weighted by molar-refractivity contribution is 5.76. The number of carbonyl (C=O) groups excluding carboxylic acids is 1. The number of carbonyl (C=O) groups is 1. The summed E-state index contributed by atoms with van der Waals surface area (Å²) >= 11 is 0. The molecule has 4 nitrogen and oxygen atoms in total.